The summed E-state index contributed by atoms with van der Waals surface area (Å²) < 4.78 is 55.7. The molecule has 0 radical (unpaired) electrons. The van der Waals surface area contributed by atoms with E-state index in [-0.39, 0.29) is 62.2 Å². The zero-order valence-electron chi connectivity index (χ0n) is 48.0. The van der Waals surface area contributed by atoms with E-state index in [2.05, 4.69) is 63.0 Å². The predicted molar refractivity (Wildman–Crippen MR) is 293 cm³/mol. The number of carbonyl (C=O) groups excluding carboxylic acids is 6. The summed E-state index contributed by atoms with van der Waals surface area (Å²) in [5.74, 6) is -2.20. The van der Waals surface area contributed by atoms with Gasteiger partial charge in [0.1, 0.15) is 30.9 Å². The number of nitrogens with two attached hydrogens (primary N) is 1. The van der Waals surface area contributed by atoms with Gasteiger partial charge < -0.3 is 85.0 Å². The smallest absolute Gasteiger partial charge is 0.407 e. The van der Waals surface area contributed by atoms with Crippen molar-refractivity contribution in [1.82, 2.24) is 36.3 Å². The molecule has 0 aliphatic carbocycles. The molecule has 0 spiro atoms. The highest BCUT2D eigenvalue weighted by atomic mass is 16.6. The minimum atomic E-state index is -1.09. The van der Waals surface area contributed by atoms with Crippen molar-refractivity contribution < 1.29 is 76.1 Å². The third-order valence-corrected chi connectivity index (χ3v) is 11.1. The molecule has 0 saturated carbocycles. The maximum atomic E-state index is 13.9. The first-order valence-electron chi connectivity index (χ1n) is 27.1. The Kier molecular flexibility index (Phi) is 37.3. The van der Waals surface area contributed by atoms with E-state index in [1.54, 1.807) is 50.0 Å². The SMILES string of the molecule is COCCOCCOCCOCCOCCOCCOCCOCCn1cc(COC(=O)NCC(=O)Nc2cc(NC(=O)[C@H](CCCNC(N)=O)NC(=O)[C@@H](NC(=O)CCOCCC(C)(C)C)C(C)C)ccc2CC(C)C)nn1. The van der Waals surface area contributed by atoms with Crippen LogP contribution in [0.15, 0.2) is 24.4 Å². The molecule has 0 aliphatic rings. The number of hydrogen-bond donors (Lipinski definition) is 7. The summed E-state index contributed by atoms with van der Waals surface area (Å²) in [4.78, 5) is 77.5. The van der Waals surface area contributed by atoms with Gasteiger partial charge in [0.25, 0.3) is 0 Å². The molecule has 2 aromatic rings. The lowest BCUT2D eigenvalue weighted by atomic mass is 9.93. The Balaban J connectivity index is 1.75. The second-order valence-corrected chi connectivity index (χ2v) is 20.1. The van der Waals surface area contributed by atoms with E-state index < -0.39 is 48.5 Å². The van der Waals surface area contributed by atoms with Crippen molar-refractivity contribution in [2.75, 3.05) is 143 Å². The number of aromatic nitrogens is 3. The molecule has 2 rings (SSSR count). The van der Waals surface area contributed by atoms with Gasteiger partial charge in [0.2, 0.25) is 23.6 Å². The molecule has 0 saturated heterocycles. The molecule has 450 valence electrons. The fraction of sp³-hybridized carbons (Fsp3) is 0.736. The van der Waals surface area contributed by atoms with Gasteiger partial charge in [-0.1, -0.05) is 59.7 Å². The second-order valence-electron chi connectivity index (χ2n) is 20.1. The highest BCUT2D eigenvalue weighted by Gasteiger charge is 2.29. The van der Waals surface area contributed by atoms with Crippen LogP contribution in [0.4, 0.5) is 21.0 Å². The van der Waals surface area contributed by atoms with Crippen molar-refractivity contribution in [3.63, 3.8) is 0 Å². The van der Waals surface area contributed by atoms with Gasteiger partial charge in [-0.05, 0) is 60.6 Å². The summed E-state index contributed by atoms with van der Waals surface area (Å²) in [6.07, 6.45) is 2.61. The van der Waals surface area contributed by atoms with Crippen LogP contribution in [0.25, 0.3) is 0 Å². The average Bonchev–Trinajstić information content (AvgIpc) is 3.86. The Bertz CT molecular complexity index is 2020. The number of hydrogen-bond acceptors (Lipinski definition) is 18. The highest BCUT2D eigenvalue weighted by Crippen LogP contribution is 2.24. The molecule has 1 heterocycles. The molecule has 2 atom stereocenters. The minimum Gasteiger partial charge on any atom is -0.443 e. The number of amides is 7. The van der Waals surface area contributed by atoms with Gasteiger partial charge in [-0.25, -0.2) is 14.3 Å². The normalized spacial score (nSPS) is 12.3. The molecule has 7 amide bonds. The van der Waals surface area contributed by atoms with Gasteiger partial charge in [-0.3, -0.25) is 19.2 Å². The lowest BCUT2D eigenvalue weighted by Gasteiger charge is -2.25. The number of nitrogens with one attached hydrogen (secondary N) is 6. The molecule has 1 aromatic heterocycles. The van der Waals surface area contributed by atoms with Crippen molar-refractivity contribution in [1.29, 1.82) is 0 Å². The monoisotopic (exact) mass is 1120 g/mol. The molecular weight excluding hydrogens is 1030 g/mol. The molecule has 0 aliphatic heterocycles. The number of methoxy groups -OCH3 is 1. The highest BCUT2D eigenvalue weighted by molar-refractivity contribution is 6.00. The van der Waals surface area contributed by atoms with Gasteiger partial charge in [-0.2, -0.15) is 0 Å². The Morgan fingerprint density at radius 2 is 1.24 bits per heavy atom. The van der Waals surface area contributed by atoms with Crippen LogP contribution in [0.3, 0.4) is 0 Å². The van der Waals surface area contributed by atoms with Crippen LogP contribution in [0, 0.1) is 17.3 Å². The number of ether oxygens (including phenoxy) is 10. The quantitative estimate of drug-likeness (QED) is 0.0469. The van der Waals surface area contributed by atoms with Crippen molar-refractivity contribution in [3.05, 3.63) is 35.7 Å². The summed E-state index contributed by atoms with van der Waals surface area (Å²) in [6, 6.07) is 2.26. The molecule has 79 heavy (non-hydrogen) atoms. The number of nitrogens with zero attached hydrogens (tertiary/aromatic N) is 3. The maximum Gasteiger partial charge on any atom is 0.407 e. The van der Waals surface area contributed by atoms with E-state index in [4.69, 9.17) is 53.1 Å². The van der Waals surface area contributed by atoms with E-state index in [1.807, 2.05) is 13.8 Å². The number of alkyl carbamates (subject to hydrolysis) is 1. The minimum absolute atomic E-state index is 0.0549. The Morgan fingerprint density at radius 1 is 0.671 bits per heavy atom. The van der Waals surface area contributed by atoms with Crippen LogP contribution in [0.5, 0.6) is 0 Å². The fourth-order valence-corrected chi connectivity index (χ4v) is 6.86. The molecule has 0 bridgehead atoms. The van der Waals surface area contributed by atoms with Crippen LogP contribution in [0.1, 0.15) is 85.4 Å². The van der Waals surface area contributed by atoms with Crippen LogP contribution < -0.4 is 37.6 Å². The molecular formula is C53H92N10O16. The lowest BCUT2D eigenvalue weighted by Crippen LogP contribution is -2.54. The number of primary amides is 1. The zero-order valence-corrected chi connectivity index (χ0v) is 48.0. The summed E-state index contributed by atoms with van der Waals surface area (Å²) in [5, 5.41) is 24.2. The fourth-order valence-electron chi connectivity index (χ4n) is 6.86. The van der Waals surface area contributed by atoms with Crippen molar-refractivity contribution in [3.8, 4) is 0 Å². The Labute approximate surface area is 465 Å². The van der Waals surface area contributed by atoms with E-state index in [0.717, 1.165) is 12.0 Å². The lowest BCUT2D eigenvalue weighted by molar-refractivity contribution is -0.132. The third-order valence-electron chi connectivity index (χ3n) is 11.1. The van der Waals surface area contributed by atoms with E-state index in [9.17, 15) is 28.8 Å². The van der Waals surface area contributed by atoms with E-state index >= 15 is 0 Å². The molecule has 26 nitrogen and oxygen atoms in total. The number of carbonyl (C=O) groups is 6. The predicted octanol–water partition coefficient (Wildman–Crippen LogP) is 2.96. The van der Waals surface area contributed by atoms with Gasteiger partial charge in [-0.15, -0.1) is 5.10 Å². The largest absolute Gasteiger partial charge is 0.443 e. The summed E-state index contributed by atoms with van der Waals surface area (Å²) >= 11 is 0. The first-order valence-corrected chi connectivity index (χ1v) is 27.1. The van der Waals surface area contributed by atoms with Crippen molar-refractivity contribution >= 4 is 47.1 Å². The van der Waals surface area contributed by atoms with E-state index in [1.165, 1.54) is 0 Å². The molecule has 26 heteroatoms. The van der Waals surface area contributed by atoms with E-state index in [0.29, 0.717) is 136 Å². The Morgan fingerprint density at radius 3 is 1.78 bits per heavy atom. The van der Waals surface area contributed by atoms with Gasteiger partial charge in [0.15, 0.2) is 0 Å². The topological polar surface area (TPSA) is 324 Å². The first kappa shape index (κ1) is 69.5. The van der Waals surface area contributed by atoms with Crippen LogP contribution in [-0.2, 0) is 86.1 Å². The van der Waals surface area contributed by atoms with Crippen LogP contribution in [0.2, 0.25) is 0 Å². The zero-order chi connectivity index (χ0) is 58.1. The average molecular weight is 1130 g/mol. The summed E-state index contributed by atoms with van der Waals surface area (Å²) in [6.45, 7) is 21.4. The van der Waals surface area contributed by atoms with Crippen molar-refractivity contribution in [2.24, 2.45) is 23.0 Å². The number of anilines is 2. The third kappa shape index (κ3) is 36.3. The van der Waals surface area contributed by atoms with Crippen LogP contribution >= 0.6 is 0 Å². The van der Waals surface area contributed by atoms with Crippen LogP contribution in [-0.4, -0.2) is 195 Å². The Hall–Kier alpha value is -5.58. The number of rotatable bonds is 46. The molecule has 0 unspecified atom stereocenters. The van der Waals surface area contributed by atoms with Gasteiger partial charge >= 0.3 is 12.1 Å². The molecule has 1 aromatic carbocycles. The maximum absolute atomic E-state index is 13.9. The number of benzene rings is 1. The second kappa shape index (κ2) is 42.3. The first-order chi connectivity index (χ1) is 37.9. The number of urea groups is 1. The molecule has 8 N–H and O–H groups in total. The standard InChI is InChI=1S/C53H92N10O16/c1-39(2)34-41-11-12-42(57-49(66)44(10-9-15-55-51(54)68)59-50(67)48(40(3)4)60-46(64)13-17-71-18-14-53(5,6)7)35-45(41)58-47(65)36-56-52(69)79-38-43-37-63(62-61-43)16-19-72-22-23-74-26-27-76-30-31-78-33-32-77-29-28-75-25-24-73-21-20-70-8/h11-12,35,37,39-40,44,48H,9-10,13-34,36,38H2,1-8H3,(H,56,69)(H,57,66)(H,58,65)(H,59,67)(H,60,64)(H3,54,55,68)/t44-,48-/m0/s1. The van der Waals surface area contributed by atoms with Gasteiger partial charge in [0, 0.05) is 38.1 Å². The summed E-state index contributed by atoms with van der Waals surface area (Å²) in [5.41, 5.74) is 7.19. The van der Waals surface area contributed by atoms with Gasteiger partial charge in [0.05, 0.1) is 118 Å². The summed E-state index contributed by atoms with van der Waals surface area (Å²) in [7, 11) is 1.63. The van der Waals surface area contributed by atoms with Crippen molar-refractivity contribution in [2.45, 2.75) is 106 Å². The molecule has 0 fully saturated rings.